The number of aliphatic hydroxyl groups is 1. The van der Waals surface area contributed by atoms with Crippen molar-refractivity contribution in [1.82, 2.24) is 15.0 Å². The molecule has 0 aliphatic heterocycles. The number of rotatable bonds is 6. The number of aromatic nitrogens is 3. The van der Waals surface area contributed by atoms with Crippen LogP contribution < -0.4 is 10.1 Å². The third kappa shape index (κ3) is 4.17. The van der Waals surface area contributed by atoms with Crippen LogP contribution in [-0.4, -0.2) is 27.2 Å². The maximum absolute atomic E-state index is 11.1. The highest BCUT2D eigenvalue weighted by Gasteiger charge is 2.29. The van der Waals surface area contributed by atoms with Gasteiger partial charge in [-0.2, -0.15) is 4.98 Å². The molecule has 0 aliphatic carbocycles. The van der Waals surface area contributed by atoms with Crippen LogP contribution in [0.5, 0.6) is 5.88 Å². The van der Waals surface area contributed by atoms with Crippen LogP contribution in [0.2, 0.25) is 0 Å². The molecule has 1 unspecified atom stereocenters. The molecule has 0 aliphatic rings. The molecule has 30 heavy (non-hydrogen) atoms. The van der Waals surface area contributed by atoms with Crippen molar-refractivity contribution in [2.45, 2.75) is 19.4 Å². The van der Waals surface area contributed by atoms with Gasteiger partial charge in [-0.15, -0.1) is 11.3 Å². The molecule has 4 aromatic rings. The van der Waals surface area contributed by atoms with Crippen molar-refractivity contribution in [3.8, 4) is 16.3 Å². The number of aryl methyl sites for hydroxylation is 1. The number of anilines is 2. The summed E-state index contributed by atoms with van der Waals surface area (Å²) in [6.45, 7) is 3.80. The summed E-state index contributed by atoms with van der Waals surface area (Å²) in [4.78, 5) is 14.0. The lowest BCUT2D eigenvalue weighted by Crippen LogP contribution is -2.22. The molecule has 1 atom stereocenters. The largest absolute Gasteiger partial charge is 0.481 e. The summed E-state index contributed by atoms with van der Waals surface area (Å²) in [5, 5.41) is 15.0. The Morgan fingerprint density at radius 2 is 1.87 bits per heavy atom. The van der Waals surface area contributed by atoms with Gasteiger partial charge in [0.2, 0.25) is 11.8 Å². The molecule has 0 bridgehead atoms. The molecule has 2 N–H and O–H groups in total. The van der Waals surface area contributed by atoms with Crippen LogP contribution in [0.25, 0.3) is 10.4 Å². The zero-order valence-electron chi connectivity index (χ0n) is 17.0. The van der Waals surface area contributed by atoms with Gasteiger partial charge in [0.25, 0.3) is 0 Å². The van der Waals surface area contributed by atoms with E-state index in [9.17, 15) is 5.11 Å². The van der Waals surface area contributed by atoms with Gasteiger partial charge in [0, 0.05) is 24.1 Å². The molecule has 2 heterocycles. The topological polar surface area (TPSA) is 80.2 Å². The average Bonchev–Trinajstić information content (AvgIpc) is 3.25. The van der Waals surface area contributed by atoms with Crippen LogP contribution in [-0.2, 0) is 5.60 Å². The Morgan fingerprint density at radius 3 is 2.63 bits per heavy atom. The Labute approximate surface area is 179 Å². The van der Waals surface area contributed by atoms with Crippen molar-refractivity contribution >= 4 is 23.0 Å². The van der Waals surface area contributed by atoms with Crippen LogP contribution in [0, 0.1) is 6.92 Å². The maximum atomic E-state index is 11.1. The van der Waals surface area contributed by atoms with Gasteiger partial charge in [0.1, 0.15) is 10.6 Å². The van der Waals surface area contributed by atoms with Crippen molar-refractivity contribution in [2.75, 3.05) is 12.4 Å². The molecular weight excluding hydrogens is 396 g/mol. The van der Waals surface area contributed by atoms with E-state index in [4.69, 9.17) is 4.74 Å². The number of thiazole rings is 1. The number of ether oxygens (including phenoxy) is 1. The second-order valence-corrected chi connectivity index (χ2v) is 8.13. The number of nitrogens with one attached hydrogen (secondary N) is 1. The van der Waals surface area contributed by atoms with E-state index in [2.05, 4.69) is 26.3 Å². The lowest BCUT2D eigenvalue weighted by Gasteiger charge is -2.20. The summed E-state index contributed by atoms with van der Waals surface area (Å²) in [6, 6.07) is 17.4. The molecule has 2 aromatic heterocycles. The Bertz CT molecular complexity index is 1160. The first-order valence-electron chi connectivity index (χ1n) is 9.46. The van der Waals surface area contributed by atoms with Crippen molar-refractivity contribution in [1.29, 1.82) is 0 Å². The number of benzene rings is 2. The van der Waals surface area contributed by atoms with Gasteiger partial charge >= 0.3 is 0 Å². The standard InChI is InChI=1S/C23H22N4O2S/c1-15-11-16(13-18(12-15)26-22-24-10-9-20(27-22)29-3)19-14-25-21(30-19)23(2,28)17-7-5-4-6-8-17/h4-14,28H,1-3H3,(H,24,26,27). The molecule has 152 valence electrons. The summed E-state index contributed by atoms with van der Waals surface area (Å²) < 4.78 is 5.16. The maximum Gasteiger partial charge on any atom is 0.230 e. The predicted octanol–water partition coefficient (Wildman–Crippen LogP) is 4.92. The number of hydrogen-bond acceptors (Lipinski definition) is 7. The first-order valence-corrected chi connectivity index (χ1v) is 10.3. The van der Waals surface area contributed by atoms with E-state index in [-0.39, 0.29) is 0 Å². The highest BCUT2D eigenvalue weighted by Crippen LogP contribution is 2.37. The Balaban J connectivity index is 1.64. The van der Waals surface area contributed by atoms with Gasteiger partial charge in [-0.25, -0.2) is 9.97 Å². The summed E-state index contributed by atoms with van der Waals surface area (Å²) in [6.07, 6.45) is 3.45. The molecule has 0 saturated heterocycles. The SMILES string of the molecule is COc1ccnc(Nc2cc(C)cc(-c3cnc(C(C)(O)c4ccccc4)s3)c2)n1. The second-order valence-electron chi connectivity index (χ2n) is 7.10. The zero-order valence-corrected chi connectivity index (χ0v) is 17.8. The zero-order chi connectivity index (χ0) is 21.1. The normalized spacial score (nSPS) is 12.9. The van der Waals surface area contributed by atoms with E-state index in [1.807, 2.05) is 49.4 Å². The molecule has 0 fully saturated rings. The first-order chi connectivity index (χ1) is 14.5. The van der Waals surface area contributed by atoms with Crippen LogP contribution >= 0.6 is 11.3 Å². The van der Waals surface area contributed by atoms with Gasteiger partial charge < -0.3 is 15.2 Å². The minimum absolute atomic E-state index is 0.461. The van der Waals surface area contributed by atoms with E-state index in [0.717, 1.165) is 27.3 Å². The van der Waals surface area contributed by atoms with Gasteiger partial charge in [0.15, 0.2) is 0 Å². The highest BCUT2D eigenvalue weighted by atomic mass is 32.1. The van der Waals surface area contributed by atoms with Crippen molar-refractivity contribution in [3.05, 3.63) is 83.1 Å². The molecule has 4 rings (SSSR count). The summed E-state index contributed by atoms with van der Waals surface area (Å²) in [5.74, 6) is 0.957. The number of methoxy groups -OCH3 is 1. The summed E-state index contributed by atoms with van der Waals surface area (Å²) in [7, 11) is 1.57. The lowest BCUT2D eigenvalue weighted by molar-refractivity contribution is 0.102. The average molecular weight is 419 g/mol. The number of nitrogens with zero attached hydrogens (tertiary/aromatic N) is 3. The molecule has 0 amide bonds. The summed E-state index contributed by atoms with van der Waals surface area (Å²) in [5.41, 5.74) is 2.62. The fourth-order valence-electron chi connectivity index (χ4n) is 3.16. The van der Waals surface area contributed by atoms with E-state index in [1.165, 1.54) is 11.3 Å². The van der Waals surface area contributed by atoms with Gasteiger partial charge in [-0.3, -0.25) is 0 Å². The molecule has 2 aromatic carbocycles. The Hall–Kier alpha value is -3.29. The Kier molecular flexibility index (Phi) is 5.48. The first kappa shape index (κ1) is 20.0. The van der Waals surface area contributed by atoms with E-state index in [1.54, 1.807) is 32.5 Å². The molecule has 7 heteroatoms. The highest BCUT2D eigenvalue weighted by molar-refractivity contribution is 7.15. The van der Waals surface area contributed by atoms with Crippen molar-refractivity contribution in [2.24, 2.45) is 0 Å². The smallest absolute Gasteiger partial charge is 0.230 e. The molecule has 0 spiro atoms. The minimum Gasteiger partial charge on any atom is -0.481 e. The van der Waals surface area contributed by atoms with Crippen molar-refractivity contribution in [3.63, 3.8) is 0 Å². The third-order valence-electron chi connectivity index (χ3n) is 4.72. The van der Waals surface area contributed by atoms with Crippen LogP contribution in [0.3, 0.4) is 0 Å². The van der Waals surface area contributed by atoms with Crippen LogP contribution in [0.4, 0.5) is 11.6 Å². The van der Waals surface area contributed by atoms with Gasteiger partial charge in [-0.1, -0.05) is 36.4 Å². The number of hydrogen-bond donors (Lipinski definition) is 2. The lowest BCUT2D eigenvalue weighted by atomic mass is 9.97. The van der Waals surface area contributed by atoms with Crippen molar-refractivity contribution < 1.29 is 9.84 Å². The molecular formula is C23H22N4O2S. The molecule has 0 saturated carbocycles. The summed E-state index contributed by atoms with van der Waals surface area (Å²) >= 11 is 1.48. The second kappa shape index (κ2) is 8.22. The van der Waals surface area contributed by atoms with E-state index >= 15 is 0 Å². The van der Waals surface area contributed by atoms with Crippen LogP contribution in [0.1, 0.15) is 23.1 Å². The van der Waals surface area contributed by atoms with E-state index in [0.29, 0.717) is 16.8 Å². The Morgan fingerprint density at radius 1 is 1.07 bits per heavy atom. The van der Waals surface area contributed by atoms with Gasteiger partial charge in [0.05, 0.1) is 12.0 Å². The van der Waals surface area contributed by atoms with E-state index < -0.39 is 5.60 Å². The van der Waals surface area contributed by atoms with Gasteiger partial charge in [-0.05, 0) is 42.7 Å². The fraction of sp³-hybridized carbons (Fsp3) is 0.174. The third-order valence-corrected chi connectivity index (χ3v) is 5.97. The van der Waals surface area contributed by atoms with Crippen LogP contribution in [0.15, 0.2) is 67.0 Å². The molecule has 0 radical (unpaired) electrons. The minimum atomic E-state index is -1.15. The predicted molar refractivity (Wildman–Crippen MR) is 119 cm³/mol. The molecule has 6 nitrogen and oxygen atoms in total. The fourth-order valence-corrected chi connectivity index (χ4v) is 4.13. The monoisotopic (exact) mass is 418 g/mol. The quantitative estimate of drug-likeness (QED) is 0.463.